The summed E-state index contributed by atoms with van der Waals surface area (Å²) in [4.78, 5) is 27.1. The molecule has 0 radical (unpaired) electrons. The third-order valence-electron chi connectivity index (χ3n) is 5.07. The highest BCUT2D eigenvalue weighted by atomic mass is 16.5. The Morgan fingerprint density at radius 1 is 1.10 bits per heavy atom. The summed E-state index contributed by atoms with van der Waals surface area (Å²) >= 11 is 0. The molecule has 1 atom stereocenters. The molecule has 2 N–H and O–H groups in total. The van der Waals surface area contributed by atoms with Gasteiger partial charge in [0.25, 0.3) is 5.91 Å². The minimum absolute atomic E-state index is 0.0629. The number of nitrogens with one attached hydrogen (secondary N) is 2. The lowest BCUT2D eigenvalue weighted by atomic mass is 9.87. The minimum atomic E-state index is -0.648. The first kappa shape index (κ1) is 21.7. The van der Waals surface area contributed by atoms with E-state index >= 15 is 0 Å². The Morgan fingerprint density at radius 3 is 2.47 bits per heavy atom. The molecule has 0 bridgehead atoms. The second-order valence-electron chi connectivity index (χ2n) is 8.62. The van der Waals surface area contributed by atoms with Crippen molar-refractivity contribution >= 4 is 23.2 Å². The Hall–Kier alpha value is -3.02. The highest BCUT2D eigenvalue weighted by Gasteiger charge is 2.31. The zero-order valence-corrected chi connectivity index (χ0v) is 18.2. The van der Waals surface area contributed by atoms with E-state index in [1.165, 1.54) is 5.56 Å². The van der Waals surface area contributed by atoms with Gasteiger partial charge in [-0.25, -0.2) is 0 Å². The maximum Gasteiger partial charge on any atom is 0.262 e. The number of carbonyl (C=O) groups is 2. The van der Waals surface area contributed by atoms with Crippen molar-refractivity contribution in [1.82, 2.24) is 5.32 Å². The van der Waals surface area contributed by atoms with Gasteiger partial charge in [-0.2, -0.15) is 0 Å². The molecule has 0 saturated heterocycles. The predicted octanol–water partition coefficient (Wildman–Crippen LogP) is 3.72. The second kappa shape index (κ2) is 9.20. The molecule has 1 aliphatic heterocycles. The van der Waals surface area contributed by atoms with Crippen molar-refractivity contribution in [3.05, 3.63) is 54.1 Å². The van der Waals surface area contributed by atoms with E-state index in [0.717, 1.165) is 17.8 Å². The summed E-state index contributed by atoms with van der Waals surface area (Å²) in [5.41, 5.74) is 2.85. The van der Waals surface area contributed by atoms with Crippen LogP contribution in [0.3, 0.4) is 0 Å². The van der Waals surface area contributed by atoms with Crippen LogP contribution in [0.1, 0.15) is 39.7 Å². The number of nitrogens with zero attached hydrogens (tertiary/aromatic N) is 1. The second-order valence-corrected chi connectivity index (χ2v) is 8.62. The number of hydrogen-bond donors (Lipinski definition) is 2. The summed E-state index contributed by atoms with van der Waals surface area (Å²) in [6.45, 7) is 9.53. The van der Waals surface area contributed by atoms with Crippen molar-refractivity contribution < 1.29 is 14.3 Å². The Morgan fingerprint density at radius 2 is 1.80 bits per heavy atom. The number of fused-ring (bicyclic) bond motifs is 1. The smallest absolute Gasteiger partial charge is 0.262 e. The van der Waals surface area contributed by atoms with Crippen LogP contribution in [0, 0.1) is 0 Å². The highest BCUT2D eigenvalue weighted by Crippen LogP contribution is 2.33. The number of benzene rings is 2. The van der Waals surface area contributed by atoms with Gasteiger partial charge in [0.05, 0.1) is 18.8 Å². The summed E-state index contributed by atoms with van der Waals surface area (Å²) in [6, 6.07) is 15.4. The van der Waals surface area contributed by atoms with E-state index in [0.29, 0.717) is 18.8 Å². The lowest BCUT2D eigenvalue weighted by Crippen LogP contribution is -2.50. The first-order valence-corrected chi connectivity index (χ1v) is 10.5. The van der Waals surface area contributed by atoms with Gasteiger partial charge in [-0.05, 0) is 41.7 Å². The van der Waals surface area contributed by atoms with Crippen LogP contribution in [-0.2, 0) is 15.0 Å². The number of rotatable bonds is 6. The Bertz CT molecular complexity index is 887. The predicted molar refractivity (Wildman–Crippen MR) is 120 cm³/mol. The van der Waals surface area contributed by atoms with E-state index in [4.69, 9.17) is 4.74 Å². The van der Waals surface area contributed by atoms with Crippen LogP contribution < -0.4 is 20.3 Å². The van der Waals surface area contributed by atoms with Crippen LogP contribution in [0.2, 0.25) is 0 Å². The number of carbonyl (C=O) groups excluding carboxylic acids is 2. The maximum atomic E-state index is 12.7. The van der Waals surface area contributed by atoms with Gasteiger partial charge in [-0.1, -0.05) is 52.0 Å². The minimum Gasteiger partial charge on any atom is -0.477 e. The van der Waals surface area contributed by atoms with Crippen molar-refractivity contribution in [3.63, 3.8) is 0 Å². The van der Waals surface area contributed by atoms with Crippen molar-refractivity contribution in [2.75, 3.05) is 29.9 Å². The standard InChI is InChI=1S/C24H31N3O3/c1-5-14-25-23(29)21-15-27(19-8-6-7-9-20(19)30-21)16-22(28)26-18-12-10-17(11-13-18)24(2,3)4/h6-13,21H,5,14-16H2,1-4H3,(H,25,29)(H,26,28)/t21-/m1/s1. The molecule has 1 aliphatic rings. The van der Waals surface area contributed by atoms with Crippen LogP contribution >= 0.6 is 0 Å². The fourth-order valence-electron chi connectivity index (χ4n) is 3.38. The molecular weight excluding hydrogens is 378 g/mol. The van der Waals surface area contributed by atoms with E-state index in [-0.39, 0.29) is 23.8 Å². The fraction of sp³-hybridized carbons (Fsp3) is 0.417. The largest absolute Gasteiger partial charge is 0.477 e. The van der Waals surface area contributed by atoms with Crippen molar-refractivity contribution in [1.29, 1.82) is 0 Å². The van der Waals surface area contributed by atoms with E-state index in [2.05, 4.69) is 31.4 Å². The van der Waals surface area contributed by atoms with E-state index < -0.39 is 6.10 Å². The van der Waals surface area contributed by atoms with Gasteiger partial charge < -0.3 is 20.3 Å². The van der Waals surface area contributed by atoms with Crippen LogP contribution in [0.25, 0.3) is 0 Å². The monoisotopic (exact) mass is 409 g/mol. The number of ether oxygens (including phenoxy) is 1. The molecule has 3 rings (SSSR count). The molecule has 30 heavy (non-hydrogen) atoms. The topological polar surface area (TPSA) is 70.7 Å². The maximum absolute atomic E-state index is 12.7. The molecule has 6 nitrogen and oxygen atoms in total. The molecule has 0 unspecified atom stereocenters. The zero-order valence-electron chi connectivity index (χ0n) is 18.2. The third kappa shape index (κ3) is 5.32. The summed E-state index contributed by atoms with van der Waals surface area (Å²) in [5.74, 6) is 0.320. The Labute approximate surface area is 178 Å². The Balaban J connectivity index is 1.69. The van der Waals surface area contributed by atoms with Crippen LogP contribution in [0.5, 0.6) is 5.75 Å². The van der Waals surface area contributed by atoms with E-state index in [1.807, 2.05) is 60.4 Å². The van der Waals surface area contributed by atoms with Gasteiger partial charge >= 0.3 is 0 Å². The molecule has 1 heterocycles. The molecule has 2 aromatic rings. The zero-order chi connectivity index (χ0) is 21.7. The molecule has 2 amide bonds. The van der Waals surface area contributed by atoms with Gasteiger partial charge in [0, 0.05) is 12.2 Å². The van der Waals surface area contributed by atoms with E-state index in [9.17, 15) is 9.59 Å². The lowest BCUT2D eigenvalue weighted by molar-refractivity contribution is -0.128. The number of hydrogen-bond acceptors (Lipinski definition) is 4. The highest BCUT2D eigenvalue weighted by molar-refractivity contribution is 5.95. The van der Waals surface area contributed by atoms with Crippen LogP contribution in [0.4, 0.5) is 11.4 Å². The summed E-state index contributed by atoms with van der Waals surface area (Å²) in [7, 11) is 0. The van der Waals surface area contributed by atoms with Crippen LogP contribution in [-0.4, -0.2) is 37.6 Å². The molecule has 0 aromatic heterocycles. The Kier molecular flexibility index (Phi) is 6.65. The first-order valence-electron chi connectivity index (χ1n) is 10.5. The average molecular weight is 410 g/mol. The first-order chi connectivity index (χ1) is 14.3. The molecular formula is C24H31N3O3. The van der Waals surface area contributed by atoms with Gasteiger partial charge in [0.2, 0.25) is 5.91 Å². The van der Waals surface area contributed by atoms with E-state index in [1.54, 1.807) is 0 Å². The lowest BCUT2D eigenvalue weighted by Gasteiger charge is -2.35. The van der Waals surface area contributed by atoms with Gasteiger partial charge in [-0.15, -0.1) is 0 Å². The summed E-state index contributed by atoms with van der Waals surface area (Å²) < 4.78 is 5.88. The molecule has 160 valence electrons. The molecule has 0 fully saturated rings. The normalized spacial score (nSPS) is 15.7. The summed E-state index contributed by atoms with van der Waals surface area (Å²) in [5, 5.41) is 5.83. The van der Waals surface area contributed by atoms with Gasteiger partial charge in [0.15, 0.2) is 6.10 Å². The number of para-hydroxylation sites is 2. The number of amides is 2. The summed E-state index contributed by atoms with van der Waals surface area (Å²) in [6.07, 6.45) is 0.208. The molecule has 2 aromatic carbocycles. The molecule has 6 heteroatoms. The van der Waals surface area contributed by atoms with Gasteiger partial charge in [-0.3, -0.25) is 9.59 Å². The van der Waals surface area contributed by atoms with Crippen molar-refractivity contribution in [3.8, 4) is 5.75 Å². The van der Waals surface area contributed by atoms with Crippen LogP contribution in [0.15, 0.2) is 48.5 Å². The fourth-order valence-corrected chi connectivity index (χ4v) is 3.38. The van der Waals surface area contributed by atoms with Gasteiger partial charge in [0.1, 0.15) is 5.75 Å². The molecule has 0 aliphatic carbocycles. The third-order valence-corrected chi connectivity index (χ3v) is 5.07. The van der Waals surface area contributed by atoms with Crippen molar-refractivity contribution in [2.24, 2.45) is 0 Å². The average Bonchev–Trinajstić information content (AvgIpc) is 2.71. The number of anilines is 2. The van der Waals surface area contributed by atoms with Crippen molar-refractivity contribution in [2.45, 2.75) is 45.6 Å². The molecule has 0 saturated carbocycles. The quantitative estimate of drug-likeness (QED) is 0.763. The molecule has 0 spiro atoms. The SMILES string of the molecule is CCCNC(=O)[C@H]1CN(CC(=O)Nc2ccc(C(C)(C)C)cc2)c2ccccc2O1.